The second kappa shape index (κ2) is 7.19. The minimum Gasteiger partial charge on any atom is -0.493 e. The van der Waals surface area contributed by atoms with Crippen molar-refractivity contribution in [1.82, 2.24) is 4.90 Å². The second-order valence-electron chi connectivity index (χ2n) is 5.74. The molecule has 2 aliphatic rings. The topological polar surface area (TPSA) is 57.2 Å². The van der Waals surface area contributed by atoms with Crippen LogP contribution in [0.2, 0.25) is 0 Å². The molecule has 1 amide bonds. The predicted octanol–water partition coefficient (Wildman–Crippen LogP) is 1.05. The summed E-state index contributed by atoms with van der Waals surface area (Å²) in [4.78, 5) is 14.4. The molecule has 0 N–H and O–H groups in total. The Kier molecular flexibility index (Phi) is 5.03. The molecule has 1 saturated heterocycles. The molecular weight excluding hydrogens is 298 g/mol. The summed E-state index contributed by atoms with van der Waals surface area (Å²) in [5.41, 5.74) is 2.41. The lowest BCUT2D eigenvalue weighted by Crippen LogP contribution is -2.46. The van der Waals surface area contributed by atoms with Gasteiger partial charge in [0, 0.05) is 13.1 Å². The first kappa shape index (κ1) is 16.1. The third-order valence-corrected chi connectivity index (χ3v) is 4.41. The third-order valence-electron chi connectivity index (χ3n) is 4.41. The number of ether oxygens (including phenoxy) is 4. The Bertz CT molecular complexity index is 533. The molecule has 0 unspecified atom stereocenters. The van der Waals surface area contributed by atoms with Crippen LogP contribution in [-0.4, -0.2) is 64.0 Å². The highest BCUT2D eigenvalue weighted by molar-refractivity contribution is 5.81. The number of carbonyl (C=O) groups excluding carboxylic acids is 1. The minimum atomic E-state index is -0.464. The number of methoxy groups -OCH3 is 2. The summed E-state index contributed by atoms with van der Waals surface area (Å²) in [7, 11) is 3.27. The van der Waals surface area contributed by atoms with E-state index in [0.29, 0.717) is 32.9 Å². The summed E-state index contributed by atoms with van der Waals surface area (Å²) in [6.07, 6.45) is 1.14. The average molecular weight is 321 g/mol. The standard InChI is InChI=1S/C17H23NO5/c1-20-14-9-12-3-5-18(6-4-13(12)10-15(14)21-2)17(19)16-11-22-7-8-23-16/h9-10,16H,3-8,11H2,1-2H3/t16-/m0/s1. The normalized spacial score (nSPS) is 21.3. The molecule has 0 bridgehead atoms. The van der Waals surface area contributed by atoms with E-state index < -0.39 is 6.10 Å². The van der Waals surface area contributed by atoms with Crippen molar-refractivity contribution in [2.45, 2.75) is 18.9 Å². The van der Waals surface area contributed by atoms with E-state index in [9.17, 15) is 4.79 Å². The van der Waals surface area contributed by atoms with Crippen LogP contribution in [0.1, 0.15) is 11.1 Å². The van der Waals surface area contributed by atoms with Crippen molar-refractivity contribution in [1.29, 1.82) is 0 Å². The molecule has 0 saturated carbocycles. The monoisotopic (exact) mass is 321 g/mol. The van der Waals surface area contributed by atoms with E-state index in [0.717, 1.165) is 24.3 Å². The van der Waals surface area contributed by atoms with E-state index in [1.807, 2.05) is 17.0 Å². The van der Waals surface area contributed by atoms with Gasteiger partial charge >= 0.3 is 0 Å². The average Bonchev–Trinajstić information content (AvgIpc) is 2.82. The highest BCUT2D eigenvalue weighted by Crippen LogP contribution is 2.32. The van der Waals surface area contributed by atoms with Gasteiger partial charge in [0.15, 0.2) is 17.6 Å². The molecule has 6 nitrogen and oxygen atoms in total. The van der Waals surface area contributed by atoms with Crippen LogP contribution in [0.5, 0.6) is 11.5 Å². The molecule has 0 aliphatic carbocycles. The van der Waals surface area contributed by atoms with E-state index in [-0.39, 0.29) is 5.91 Å². The van der Waals surface area contributed by atoms with E-state index in [1.54, 1.807) is 14.2 Å². The minimum absolute atomic E-state index is 0.0245. The third kappa shape index (κ3) is 3.43. The van der Waals surface area contributed by atoms with Gasteiger partial charge in [0.2, 0.25) is 0 Å². The molecule has 126 valence electrons. The number of fused-ring (bicyclic) bond motifs is 1. The Balaban J connectivity index is 1.73. The Labute approximate surface area is 136 Å². The van der Waals surface area contributed by atoms with E-state index in [2.05, 4.69) is 0 Å². The van der Waals surface area contributed by atoms with Crippen LogP contribution in [0.4, 0.5) is 0 Å². The van der Waals surface area contributed by atoms with E-state index in [1.165, 1.54) is 11.1 Å². The van der Waals surface area contributed by atoms with Crippen LogP contribution in [0, 0.1) is 0 Å². The number of carbonyl (C=O) groups is 1. The summed E-state index contributed by atoms with van der Waals surface area (Å²) in [5.74, 6) is 1.49. The van der Waals surface area contributed by atoms with Crippen molar-refractivity contribution in [2.24, 2.45) is 0 Å². The molecular formula is C17H23NO5. The zero-order valence-electron chi connectivity index (χ0n) is 13.7. The van der Waals surface area contributed by atoms with Gasteiger partial charge in [0.05, 0.1) is 34.0 Å². The van der Waals surface area contributed by atoms with Gasteiger partial charge in [-0.15, -0.1) is 0 Å². The van der Waals surface area contributed by atoms with Gasteiger partial charge < -0.3 is 23.8 Å². The van der Waals surface area contributed by atoms with Gasteiger partial charge in [0.1, 0.15) is 0 Å². The molecule has 0 radical (unpaired) electrons. The first-order valence-corrected chi connectivity index (χ1v) is 7.95. The summed E-state index contributed by atoms with van der Waals surface area (Å²) in [6.45, 7) is 2.76. The Morgan fingerprint density at radius 3 is 2.17 bits per heavy atom. The van der Waals surface area contributed by atoms with Crippen molar-refractivity contribution >= 4 is 5.91 Å². The quantitative estimate of drug-likeness (QED) is 0.833. The summed E-state index contributed by atoms with van der Waals surface area (Å²) in [5, 5.41) is 0. The van der Waals surface area contributed by atoms with Crippen molar-refractivity contribution in [2.75, 3.05) is 47.1 Å². The van der Waals surface area contributed by atoms with E-state index in [4.69, 9.17) is 18.9 Å². The van der Waals surface area contributed by atoms with Crippen LogP contribution >= 0.6 is 0 Å². The van der Waals surface area contributed by atoms with Gasteiger partial charge in [-0.05, 0) is 36.1 Å². The molecule has 1 aromatic rings. The van der Waals surface area contributed by atoms with Crippen LogP contribution in [0.25, 0.3) is 0 Å². The molecule has 0 aromatic heterocycles. The van der Waals surface area contributed by atoms with Crippen molar-refractivity contribution in [3.63, 3.8) is 0 Å². The number of benzene rings is 1. The molecule has 1 fully saturated rings. The van der Waals surface area contributed by atoms with Gasteiger partial charge in [-0.25, -0.2) is 0 Å². The Hall–Kier alpha value is -1.79. The van der Waals surface area contributed by atoms with Gasteiger partial charge in [-0.1, -0.05) is 0 Å². The van der Waals surface area contributed by atoms with Crippen molar-refractivity contribution in [3.8, 4) is 11.5 Å². The lowest BCUT2D eigenvalue weighted by Gasteiger charge is -2.28. The summed E-state index contributed by atoms with van der Waals surface area (Å²) < 4.78 is 21.6. The largest absolute Gasteiger partial charge is 0.493 e. The SMILES string of the molecule is COc1cc2c(cc1OC)CCN(C(=O)[C@@H]1COCCO1)CC2. The predicted molar refractivity (Wildman–Crippen MR) is 84.1 cm³/mol. The fourth-order valence-electron chi connectivity index (χ4n) is 3.11. The maximum Gasteiger partial charge on any atom is 0.254 e. The number of hydrogen-bond acceptors (Lipinski definition) is 5. The maximum absolute atomic E-state index is 12.6. The smallest absolute Gasteiger partial charge is 0.254 e. The number of amides is 1. The molecule has 6 heteroatoms. The molecule has 3 rings (SSSR count). The molecule has 2 heterocycles. The molecule has 1 aromatic carbocycles. The first-order chi connectivity index (χ1) is 11.2. The van der Waals surface area contributed by atoms with Crippen LogP contribution in [-0.2, 0) is 27.1 Å². The lowest BCUT2D eigenvalue weighted by molar-refractivity contribution is -0.157. The number of nitrogens with zero attached hydrogens (tertiary/aromatic N) is 1. The molecule has 0 spiro atoms. The van der Waals surface area contributed by atoms with Crippen molar-refractivity contribution < 1.29 is 23.7 Å². The molecule has 2 aliphatic heterocycles. The maximum atomic E-state index is 12.6. The lowest BCUT2D eigenvalue weighted by atomic mass is 10.0. The first-order valence-electron chi connectivity index (χ1n) is 7.95. The zero-order valence-corrected chi connectivity index (χ0v) is 13.7. The Morgan fingerprint density at radius 1 is 1.09 bits per heavy atom. The highest BCUT2D eigenvalue weighted by atomic mass is 16.6. The Morgan fingerprint density at radius 2 is 1.70 bits per heavy atom. The number of rotatable bonds is 3. The fraction of sp³-hybridized carbons (Fsp3) is 0.588. The van der Waals surface area contributed by atoms with Gasteiger partial charge in [0.25, 0.3) is 5.91 Å². The summed E-state index contributed by atoms with van der Waals surface area (Å²) in [6, 6.07) is 4.03. The van der Waals surface area contributed by atoms with Gasteiger partial charge in [-0.3, -0.25) is 4.79 Å². The molecule has 1 atom stereocenters. The van der Waals surface area contributed by atoms with Crippen LogP contribution in [0.15, 0.2) is 12.1 Å². The highest BCUT2D eigenvalue weighted by Gasteiger charge is 2.29. The van der Waals surface area contributed by atoms with E-state index >= 15 is 0 Å². The van der Waals surface area contributed by atoms with Crippen molar-refractivity contribution in [3.05, 3.63) is 23.3 Å². The fourth-order valence-corrected chi connectivity index (χ4v) is 3.11. The van der Waals surface area contributed by atoms with Gasteiger partial charge in [-0.2, -0.15) is 0 Å². The van der Waals surface area contributed by atoms with Crippen LogP contribution < -0.4 is 9.47 Å². The zero-order chi connectivity index (χ0) is 16.2. The summed E-state index contributed by atoms with van der Waals surface area (Å²) >= 11 is 0. The molecule has 23 heavy (non-hydrogen) atoms. The second-order valence-corrected chi connectivity index (χ2v) is 5.74. The number of hydrogen-bond donors (Lipinski definition) is 0. The van der Waals surface area contributed by atoms with Crippen LogP contribution in [0.3, 0.4) is 0 Å².